The fraction of sp³-hybridized carbons (Fsp3) is 0.900. The Morgan fingerprint density at radius 1 is 1.42 bits per heavy atom. The van der Waals surface area contributed by atoms with Gasteiger partial charge in [-0.25, -0.2) is 0 Å². The minimum absolute atomic E-state index is 0.0155. The lowest BCUT2D eigenvalue weighted by Gasteiger charge is -2.24. The summed E-state index contributed by atoms with van der Waals surface area (Å²) in [6.45, 7) is 5.98. The molecule has 68 valence electrons. The van der Waals surface area contributed by atoms with Gasteiger partial charge in [-0.05, 0) is 40.0 Å². The molecule has 0 radical (unpaired) electrons. The first-order chi connectivity index (χ1) is 5.47. The Kier molecular flexibility index (Phi) is 1.45. The van der Waals surface area contributed by atoms with Crippen molar-refractivity contribution in [1.82, 2.24) is 0 Å². The summed E-state index contributed by atoms with van der Waals surface area (Å²) in [4.78, 5) is 11.2. The molecule has 2 fully saturated rings. The molecule has 2 nitrogen and oxygen atoms in total. The Morgan fingerprint density at radius 2 is 2.08 bits per heavy atom. The van der Waals surface area contributed by atoms with E-state index in [1.165, 1.54) is 0 Å². The molecular weight excluding hydrogens is 152 g/mol. The van der Waals surface area contributed by atoms with Crippen LogP contribution in [0.4, 0.5) is 0 Å². The molecule has 2 heteroatoms. The summed E-state index contributed by atoms with van der Waals surface area (Å²) in [7, 11) is 0. The van der Waals surface area contributed by atoms with Crippen LogP contribution in [0.25, 0.3) is 0 Å². The molecule has 1 saturated carbocycles. The fourth-order valence-corrected chi connectivity index (χ4v) is 2.41. The lowest BCUT2D eigenvalue weighted by atomic mass is 9.75. The standard InChI is InChI=1S/C10H16O2/c1-7(11)8-4-5-9(2)10(3,6-8)12-9/h8H,4-6H2,1-3H3/t8-,9+,10-/m1/s1. The third-order valence-corrected chi connectivity index (χ3v) is 3.71. The molecular formula is C10H16O2. The number of hydrogen-bond donors (Lipinski definition) is 0. The van der Waals surface area contributed by atoms with Crippen molar-refractivity contribution in [2.75, 3.05) is 0 Å². The number of hydrogen-bond acceptors (Lipinski definition) is 2. The normalized spacial score (nSPS) is 51.4. The van der Waals surface area contributed by atoms with E-state index in [0.717, 1.165) is 19.3 Å². The van der Waals surface area contributed by atoms with Gasteiger partial charge >= 0.3 is 0 Å². The zero-order valence-corrected chi connectivity index (χ0v) is 8.02. The third-order valence-electron chi connectivity index (χ3n) is 3.71. The summed E-state index contributed by atoms with van der Waals surface area (Å²) in [6.07, 6.45) is 2.99. The lowest BCUT2D eigenvalue weighted by Crippen LogP contribution is -2.32. The Labute approximate surface area is 73.3 Å². The van der Waals surface area contributed by atoms with Crippen molar-refractivity contribution in [3.63, 3.8) is 0 Å². The quantitative estimate of drug-likeness (QED) is 0.560. The summed E-state index contributed by atoms with van der Waals surface area (Å²) in [6, 6.07) is 0. The molecule has 2 rings (SSSR count). The van der Waals surface area contributed by atoms with E-state index in [0.29, 0.717) is 5.78 Å². The van der Waals surface area contributed by atoms with Crippen LogP contribution in [0, 0.1) is 5.92 Å². The van der Waals surface area contributed by atoms with Gasteiger partial charge in [-0.1, -0.05) is 0 Å². The Balaban J connectivity index is 2.08. The van der Waals surface area contributed by atoms with Crippen LogP contribution in [0.2, 0.25) is 0 Å². The number of fused-ring (bicyclic) bond motifs is 1. The number of carbonyl (C=O) groups is 1. The van der Waals surface area contributed by atoms with Crippen molar-refractivity contribution < 1.29 is 9.53 Å². The average molecular weight is 168 g/mol. The summed E-state index contributed by atoms with van der Waals surface area (Å²) in [5.41, 5.74) is 0.112. The van der Waals surface area contributed by atoms with Crippen LogP contribution < -0.4 is 0 Å². The zero-order valence-electron chi connectivity index (χ0n) is 8.02. The molecule has 12 heavy (non-hydrogen) atoms. The van der Waals surface area contributed by atoms with Crippen LogP contribution in [0.5, 0.6) is 0 Å². The van der Waals surface area contributed by atoms with Gasteiger partial charge in [0.25, 0.3) is 0 Å². The first kappa shape index (κ1) is 8.24. The number of Topliss-reactive ketones (excluding diaryl/α,β-unsaturated/α-hetero) is 1. The van der Waals surface area contributed by atoms with Crippen molar-refractivity contribution in [3.05, 3.63) is 0 Å². The van der Waals surface area contributed by atoms with Gasteiger partial charge in [0.2, 0.25) is 0 Å². The highest BCUT2D eigenvalue weighted by molar-refractivity contribution is 5.78. The van der Waals surface area contributed by atoms with Crippen LogP contribution in [0.3, 0.4) is 0 Å². The van der Waals surface area contributed by atoms with E-state index in [1.54, 1.807) is 6.92 Å². The first-order valence-electron chi connectivity index (χ1n) is 4.67. The molecule has 0 amide bonds. The largest absolute Gasteiger partial charge is 0.363 e. The van der Waals surface area contributed by atoms with Crippen molar-refractivity contribution in [2.24, 2.45) is 5.92 Å². The lowest BCUT2D eigenvalue weighted by molar-refractivity contribution is -0.121. The maximum atomic E-state index is 11.2. The number of ketones is 1. The molecule has 2 aliphatic rings. The molecule has 0 aromatic rings. The van der Waals surface area contributed by atoms with Crippen molar-refractivity contribution in [1.29, 1.82) is 0 Å². The van der Waals surface area contributed by atoms with Crippen LogP contribution in [0.15, 0.2) is 0 Å². The minimum atomic E-state index is 0.0155. The molecule has 1 aliphatic heterocycles. The highest BCUT2D eigenvalue weighted by atomic mass is 16.6. The number of carbonyl (C=O) groups excluding carboxylic acids is 1. The molecule has 0 aromatic heterocycles. The number of epoxide rings is 1. The second kappa shape index (κ2) is 2.11. The number of rotatable bonds is 1. The molecule has 1 aliphatic carbocycles. The van der Waals surface area contributed by atoms with Gasteiger partial charge < -0.3 is 4.74 Å². The van der Waals surface area contributed by atoms with Crippen LogP contribution in [-0.2, 0) is 9.53 Å². The molecule has 3 atom stereocenters. The van der Waals surface area contributed by atoms with E-state index in [9.17, 15) is 4.79 Å². The summed E-state index contributed by atoms with van der Waals surface area (Å²) in [5.74, 6) is 0.583. The predicted octanol–water partition coefficient (Wildman–Crippen LogP) is 1.92. The van der Waals surface area contributed by atoms with E-state index < -0.39 is 0 Å². The van der Waals surface area contributed by atoms with E-state index in [4.69, 9.17) is 4.74 Å². The van der Waals surface area contributed by atoms with Gasteiger partial charge in [0.1, 0.15) is 5.78 Å². The van der Waals surface area contributed by atoms with E-state index in [1.807, 2.05) is 0 Å². The minimum Gasteiger partial charge on any atom is -0.363 e. The Morgan fingerprint density at radius 3 is 2.58 bits per heavy atom. The van der Waals surface area contributed by atoms with Crippen LogP contribution in [0.1, 0.15) is 40.0 Å². The third kappa shape index (κ3) is 0.939. The van der Waals surface area contributed by atoms with Gasteiger partial charge in [-0.15, -0.1) is 0 Å². The van der Waals surface area contributed by atoms with Gasteiger partial charge in [0.15, 0.2) is 0 Å². The predicted molar refractivity (Wildman–Crippen MR) is 45.9 cm³/mol. The topological polar surface area (TPSA) is 29.6 Å². The maximum absolute atomic E-state index is 11.2. The van der Waals surface area contributed by atoms with Gasteiger partial charge in [-0.2, -0.15) is 0 Å². The molecule has 0 N–H and O–H groups in total. The van der Waals surface area contributed by atoms with Crippen molar-refractivity contribution in [2.45, 2.75) is 51.2 Å². The highest BCUT2D eigenvalue weighted by Gasteiger charge is 2.65. The van der Waals surface area contributed by atoms with Crippen LogP contribution >= 0.6 is 0 Å². The summed E-state index contributed by atoms with van der Waals surface area (Å²) < 4.78 is 5.68. The number of ether oxygens (including phenoxy) is 1. The smallest absolute Gasteiger partial charge is 0.133 e. The van der Waals surface area contributed by atoms with Gasteiger partial charge in [0, 0.05) is 5.92 Å². The SMILES string of the molecule is CC(=O)[C@@H]1CC[C@]2(C)O[C@]2(C)C1. The van der Waals surface area contributed by atoms with E-state index >= 15 is 0 Å². The molecule has 1 heterocycles. The first-order valence-corrected chi connectivity index (χ1v) is 4.67. The Hall–Kier alpha value is -0.370. The highest BCUT2D eigenvalue weighted by Crippen LogP contribution is 2.58. The Bertz CT molecular complexity index is 236. The summed E-state index contributed by atoms with van der Waals surface area (Å²) in [5, 5.41) is 0. The monoisotopic (exact) mass is 168 g/mol. The van der Waals surface area contributed by atoms with Gasteiger partial charge in [0.05, 0.1) is 11.2 Å². The molecule has 0 aromatic carbocycles. The molecule has 0 spiro atoms. The average Bonchev–Trinajstić information content (AvgIpc) is 2.51. The zero-order chi connectivity index (χ0) is 8.98. The second-order valence-electron chi connectivity index (χ2n) is 4.61. The fourth-order valence-electron chi connectivity index (χ4n) is 2.41. The van der Waals surface area contributed by atoms with E-state index in [2.05, 4.69) is 13.8 Å². The van der Waals surface area contributed by atoms with Crippen LogP contribution in [-0.4, -0.2) is 17.0 Å². The van der Waals surface area contributed by atoms with Crippen molar-refractivity contribution in [3.8, 4) is 0 Å². The molecule has 1 saturated heterocycles. The molecule has 0 unspecified atom stereocenters. The van der Waals surface area contributed by atoms with Crippen molar-refractivity contribution >= 4 is 5.78 Å². The summed E-state index contributed by atoms with van der Waals surface area (Å²) >= 11 is 0. The van der Waals surface area contributed by atoms with E-state index in [-0.39, 0.29) is 17.1 Å². The maximum Gasteiger partial charge on any atom is 0.133 e. The second-order valence-corrected chi connectivity index (χ2v) is 4.61. The molecule has 0 bridgehead atoms. The van der Waals surface area contributed by atoms with Gasteiger partial charge in [-0.3, -0.25) is 4.79 Å².